The molecular formula is C26H25N5O2. The molecule has 0 saturated carbocycles. The van der Waals surface area contributed by atoms with Crippen LogP contribution in [0.15, 0.2) is 77.3 Å². The lowest BCUT2D eigenvalue weighted by molar-refractivity contribution is -0.124. The Balaban J connectivity index is 1.82. The first kappa shape index (κ1) is 21.0. The Hall–Kier alpha value is -3.89. The van der Waals surface area contributed by atoms with E-state index in [1.165, 1.54) is 0 Å². The van der Waals surface area contributed by atoms with Crippen molar-refractivity contribution >= 4 is 17.4 Å². The number of hydrogen-bond acceptors (Lipinski definition) is 6. The molecule has 0 unspecified atom stereocenters. The number of hydrogen-bond donors (Lipinski definition) is 1. The number of anilines is 1. The minimum Gasteiger partial charge on any atom is -0.383 e. The molecule has 0 radical (unpaired) electrons. The number of nitriles is 1. The molecule has 0 aromatic heterocycles. The lowest BCUT2D eigenvalue weighted by atomic mass is 9.64. The highest BCUT2D eigenvalue weighted by Gasteiger charge is 2.62. The van der Waals surface area contributed by atoms with Crippen molar-refractivity contribution in [2.75, 3.05) is 19.0 Å². The van der Waals surface area contributed by atoms with Gasteiger partial charge in [0.2, 0.25) is 5.91 Å². The first-order valence-electron chi connectivity index (χ1n) is 11.0. The molecule has 7 heteroatoms. The van der Waals surface area contributed by atoms with Gasteiger partial charge in [0, 0.05) is 43.0 Å². The van der Waals surface area contributed by atoms with Gasteiger partial charge in [-0.3, -0.25) is 14.6 Å². The van der Waals surface area contributed by atoms with Crippen molar-refractivity contribution in [2.45, 2.75) is 31.2 Å². The van der Waals surface area contributed by atoms with Crippen molar-refractivity contribution < 1.29 is 9.59 Å². The Morgan fingerprint density at radius 2 is 1.76 bits per heavy atom. The second kappa shape index (κ2) is 7.61. The molecule has 5 rings (SSSR count). The molecule has 2 heterocycles. The topological polar surface area (TPSA) is 93.7 Å². The van der Waals surface area contributed by atoms with Crippen LogP contribution >= 0.6 is 0 Å². The van der Waals surface area contributed by atoms with Crippen LogP contribution in [0.3, 0.4) is 0 Å². The maximum Gasteiger partial charge on any atom is 0.248 e. The maximum absolute atomic E-state index is 14.4. The van der Waals surface area contributed by atoms with E-state index in [2.05, 4.69) is 6.07 Å². The van der Waals surface area contributed by atoms with Gasteiger partial charge >= 0.3 is 0 Å². The molecule has 2 aromatic carbocycles. The molecule has 0 saturated heterocycles. The van der Waals surface area contributed by atoms with Gasteiger partial charge in [-0.05, 0) is 24.5 Å². The first-order chi connectivity index (χ1) is 15.9. The fourth-order valence-corrected chi connectivity index (χ4v) is 5.49. The summed E-state index contributed by atoms with van der Waals surface area (Å²) in [5.41, 5.74) is 8.58. The number of benzene rings is 2. The summed E-state index contributed by atoms with van der Waals surface area (Å²) in [4.78, 5) is 29.6. The molecule has 1 amide bonds. The van der Waals surface area contributed by atoms with Crippen LogP contribution < -0.4 is 10.6 Å². The lowest BCUT2D eigenvalue weighted by Gasteiger charge is -2.45. The summed E-state index contributed by atoms with van der Waals surface area (Å²) in [6.45, 7) is 0.339. The second-order valence-corrected chi connectivity index (χ2v) is 8.77. The van der Waals surface area contributed by atoms with Gasteiger partial charge in [0.1, 0.15) is 17.3 Å². The van der Waals surface area contributed by atoms with Crippen LogP contribution in [0, 0.1) is 11.3 Å². The quantitative estimate of drug-likeness (QED) is 0.790. The Labute approximate surface area is 193 Å². The first-order valence-corrected chi connectivity index (χ1v) is 11.0. The van der Waals surface area contributed by atoms with Gasteiger partial charge in [0.15, 0.2) is 5.78 Å². The van der Waals surface area contributed by atoms with Crippen molar-refractivity contribution in [1.82, 2.24) is 10.0 Å². The summed E-state index contributed by atoms with van der Waals surface area (Å²) in [5.74, 6) is -0.207. The van der Waals surface area contributed by atoms with E-state index in [0.717, 1.165) is 5.56 Å². The van der Waals surface area contributed by atoms with Crippen LogP contribution in [0.5, 0.6) is 0 Å². The molecule has 1 spiro atoms. The van der Waals surface area contributed by atoms with Gasteiger partial charge in [-0.25, -0.2) is 5.01 Å². The zero-order chi connectivity index (χ0) is 23.3. The summed E-state index contributed by atoms with van der Waals surface area (Å²) >= 11 is 0. The molecule has 1 aliphatic carbocycles. The van der Waals surface area contributed by atoms with E-state index in [-0.39, 0.29) is 23.1 Å². The van der Waals surface area contributed by atoms with E-state index in [9.17, 15) is 14.9 Å². The third-order valence-electron chi connectivity index (χ3n) is 6.73. The van der Waals surface area contributed by atoms with Crippen LogP contribution in [0.4, 0.5) is 5.69 Å². The van der Waals surface area contributed by atoms with Gasteiger partial charge in [-0.1, -0.05) is 48.5 Å². The monoisotopic (exact) mass is 439 g/mol. The van der Waals surface area contributed by atoms with Crippen LogP contribution in [0.25, 0.3) is 0 Å². The highest BCUT2D eigenvalue weighted by molar-refractivity contribution is 6.20. The summed E-state index contributed by atoms with van der Waals surface area (Å²) < 4.78 is 0. The number of para-hydroxylation sites is 1. The van der Waals surface area contributed by atoms with Gasteiger partial charge in [-0.15, -0.1) is 0 Å². The second-order valence-electron chi connectivity index (χ2n) is 8.77. The largest absolute Gasteiger partial charge is 0.383 e. The fourth-order valence-electron chi connectivity index (χ4n) is 5.49. The van der Waals surface area contributed by atoms with E-state index < -0.39 is 5.41 Å². The van der Waals surface area contributed by atoms with E-state index in [4.69, 9.17) is 5.73 Å². The standard InChI is InChI=1S/C26H25N5O2/c1-29(2)31-21-13-8-14-22(32)23(21)26(19(15-27)24(31)28)18-11-6-7-12-20(18)30(25(26)33)16-17-9-4-3-5-10-17/h3-7,9-12H,8,13-14,16,28H2,1-2H3/t26-/m0/s1. The SMILES string of the molecule is CN(C)N1C(N)=C(C#N)[C@]2(C(=O)N(Cc3ccccc3)c3ccccc32)C2=C1CCCC2=O. The third-order valence-corrected chi connectivity index (χ3v) is 6.73. The summed E-state index contributed by atoms with van der Waals surface area (Å²) in [6.07, 6.45) is 1.62. The molecule has 2 aliphatic heterocycles. The summed E-state index contributed by atoms with van der Waals surface area (Å²) in [5, 5.41) is 13.8. The predicted octanol–water partition coefficient (Wildman–Crippen LogP) is 2.96. The maximum atomic E-state index is 14.4. The molecule has 3 aliphatic rings. The zero-order valence-corrected chi connectivity index (χ0v) is 18.7. The minimum atomic E-state index is -1.52. The Morgan fingerprint density at radius 1 is 1.06 bits per heavy atom. The van der Waals surface area contributed by atoms with E-state index in [0.29, 0.717) is 48.3 Å². The summed E-state index contributed by atoms with van der Waals surface area (Å²) in [6, 6.07) is 19.4. The fraction of sp³-hybridized carbons (Fsp3) is 0.269. The average molecular weight is 440 g/mol. The lowest BCUT2D eigenvalue weighted by Crippen LogP contribution is -2.54. The van der Waals surface area contributed by atoms with Gasteiger partial charge < -0.3 is 10.6 Å². The third kappa shape index (κ3) is 2.77. The number of rotatable bonds is 3. The number of ketones is 1. The highest BCUT2D eigenvalue weighted by Crippen LogP contribution is 2.56. The molecule has 2 aromatic rings. The molecule has 1 atom stereocenters. The molecule has 33 heavy (non-hydrogen) atoms. The predicted molar refractivity (Wildman–Crippen MR) is 124 cm³/mol. The van der Waals surface area contributed by atoms with E-state index in [1.807, 2.05) is 68.7 Å². The number of allylic oxidation sites excluding steroid dienone is 1. The van der Waals surface area contributed by atoms with Crippen LogP contribution in [0.1, 0.15) is 30.4 Å². The molecule has 0 fully saturated rings. The number of hydrazine groups is 1. The van der Waals surface area contributed by atoms with Gasteiger partial charge in [-0.2, -0.15) is 5.26 Å². The Bertz CT molecular complexity index is 1270. The van der Waals surface area contributed by atoms with Crippen molar-refractivity contribution in [3.05, 3.63) is 88.4 Å². The Kier molecular flexibility index (Phi) is 4.84. The number of fused-ring (bicyclic) bond motifs is 3. The average Bonchev–Trinajstić information content (AvgIpc) is 3.03. The van der Waals surface area contributed by atoms with Crippen LogP contribution in [-0.2, 0) is 21.5 Å². The normalized spacial score (nSPS) is 22.2. The molecule has 0 bridgehead atoms. The molecular weight excluding hydrogens is 414 g/mol. The van der Waals surface area contributed by atoms with Crippen molar-refractivity contribution in [3.63, 3.8) is 0 Å². The molecule has 166 valence electrons. The van der Waals surface area contributed by atoms with Crippen molar-refractivity contribution in [2.24, 2.45) is 5.73 Å². The smallest absolute Gasteiger partial charge is 0.248 e. The number of amides is 1. The number of carbonyl (C=O) groups is 2. The number of carbonyl (C=O) groups excluding carboxylic acids is 2. The van der Waals surface area contributed by atoms with Gasteiger partial charge in [0.25, 0.3) is 0 Å². The number of nitrogens with two attached hydrogens (primary N) is 1. The van der Waals surface area contributed by atoms with E-state index >= 15 is 0 Å². The summed E-state index contributed by atoms with van der Waals surface area (Å²) in [7, 11) is 3.63. The molecule has 2 N–H and O–H groups in total. The highest BCUT2D eigenvalue weighted by atomic mass is 16.2. The molecule has 7 nitrogen and oxygen atoms in total. The van der Waals surface area contributed by atoms with Gasteiger partial charge in [0.05, 0.1) is 12.1 Å². The number of Topliss-reactive ketones (excluding diaryl/α,β-unsaturated/α-hetero) is 1. The van der Waals surface area contributed by atoms with Crippen LogP contribution in [0.2, 0.25) is 0 Å². The van der Waals surface area contributed by atoms with Crippen molar-refractivity contribution in [1.29, 1.82) is 5.26 Å². The number of nitrogens with zero attached hydrogens (tertiary/aromatic N) is 4. The van der Waals surface area contributed by atoms with E-state index in [1.54, 1.807) is 14.9 Å². The van der Waals surface area contributed by atoms with Crippen molar-refractivity contribution in [3.8, 4) is 6.07 Å². The Morgan fingerprint density at radius 3 is 2.45 bits per heavy atom. The minimum absolute atomic E-state index is 0.104. The zero-order valence-electron chi connectivity index (χ0n) is 18.7. The van der Waals surface area contributed by atoms with Crippen LogP contribution in [-0.4, -0.2) is 35.8 Å².